The molecule has 1 heterocycles. The summed E-state index contributed by atoms with van der Waals surface area (Å²) in [5.74, 6) is -0.117. The zero-order chi connectivity index (χ0) is 12.0. The van der Waals surface area contributed by atoms with Crippen molar-refractivity contribution >= 4 is 11.6 Å². The fourth-order valence-electron chi connectivity index (χ4n) is 1.48. The van der Waals surface area contributed by atoms with Crippen LogP contribution in [0.4, 0.5) is 5.69 Å². The predicted octanol–water partition coefficient (Wildman–Crippen LogP) is 0.578. The van der Waals surface area contributed by atoms with Gasteiger partial charge in [-0.15, -0.1) is 0 Å². The summed E-state index contributed by atoms with van der Waals surface area (Å²) in [7, 11) is 1.76. The van der Waals surface area contributed by atoms with Crippen molar-refractivity contribution < 1.29 is 9.90 Å². The van der Waals surface area contributed by atoms with Crippen LogP contribution in [0.3, 0.4) is 0 Å². The third-order valence-corrected chi connectivity index (χ3v) is 2.36. The van der Waals surface area contributed by atoms with Crippen LogP contribution in [0.2, 0.25) is 0 Å². The first-order chi connectivity index (χ1) is 7.74. The highest BCUT2D eigenvalue weighted by Gasteiger charge is 2.16. The van der Waals surface area contributed by atoms with E-state index in [1.807, 2.05) is 6.92 Å². The monoisotopic (exact) mass is 223 g/mol. The lowest BCUT2D eigenvalue weighted by Crippen LogP contribution is -2.33. The highest BCUT2D eigenvalue weighted by Crippen LogP contribution is 2.14. The Balaban J connectivity index is 2.93. The summed E-state index contributed by atoms with van der Waals surface area (Å²) in [6.45, 7) is 2.75. The number of hydrogen-bond acceptors (Lipinski definition) is 4. The number of nitrogens with zero attached hydrogens (tertiary/aromatic N) is 2. The molecule has 0 atom stereocenters. The molecule has 0 aliphatic rings. The number of likely N-dealkylation sites (N-methyl/N-ethyl adjacent to an activating group) is 1. The number of rotatable bonds is 5. The zero-order valence-corrected chi connectivity index (χ0v) is 9.60. The molecule has 0 saturated heterocycles. The van der Waals surface area contributed by atoms with Gasteiger partial charge in [0.05, 0.1) is 12.2 Å². The maximum absolute atomic E-state index is 12.1. The minimum atomic E-state index is -0.117. The molecule has 0 aliphatic carbocycles. The summed E-state index contributed by atoms with van der Waals surface area (Å²) in [4.78, 5) is 17.6. The van der Waals surface area contributed by atoms with Crippen molar-refractivity contribution in [2.24, 2.45) is 0 Å². The number of amides is 1. The van der Waals surface area contributed by atoms with Crippen LogP contribution in [-0.2, 0) is 0 Å². The molecule has 0 aromatic carbocycles. The second-order valence-corrected chi connectivity index (χ2v) is 3.28. The normalized spacial score (nSPS) is 9.94. The Bertz CT molecular complexity index is 355. The number of aliphatic hydroxyl groups is 1. The average Bonchev–Trinajstić information content (AvgIpc) is 2.35. The SMILES string of the molecule is CCN(CCO)C(=O)c1cnccc1NC. The Morgan fingerprint density at radius 1 is 1.62 bits per heavy atom. The van der Waals surface area contributed by atoms with Crippen molar-refractivity contribution in [1.82, 2.24) is 9.88 Å². The van der Waals surface area contributed by atoms with E-state index in [0.29, 0.717) is 18.7 Å². The van der Waals surface area contributed by atoms with Gasteiger partial charge in [-0.2, -0.15) is 0 Å². The van der Waals surface area contributed by atoms with E-state index in [-0.39, 0.29) is 12.5 Å². The lowest BCUT2D eigenvalue weighted by Gasteiger charge is -2.20. The molecule has 2 N–H and O–H groups in total. The van der Waals surface area contributed by atoms with Gasteiger partial charge in [0.15, 0.2) is 0 Å². The number of pyridine rings is 1. The largest absolute Gasteiger partial charge is 0.395 e. The van der Waals surface area contributed by atoms with Gasteiger partial charge in [-0.1, -0.05) is 0 Å². The lowest BCUT2D eigenvalue weighted by molar-refractivity contribution is 0.0732. The first-order valence-electron chi connectivity index (χ1n) is 5.26. The van der Waals surface area contributed by atoms with E-state index in [0.717, 1.165) is 5.69 Å². The van der Waals surface area contributed by atoms with Crippen LogP contribution < -0.4 is 5.32 Å². The van der Waals surface area contributed by atoms with Gasteiger partial charge in [-0.05, 0) is 13.0 Å². The summed E-state index contributed by atoms with van der Waals surface area (Å²) in [6.07, 6.45) is 3.17. The van der Waals surface area contributed by atoms with Gasteiger partial charge in [0.2, 0.25) is 0 Å². The van der Waals surface area contributed by atoms with E-state index >= 15 is 0 Å². The number of hydrogen-bond donors (Lipinski definition) is 2. The van der Waals surface area contributed by atoms with Crippen LogP contribution >= 0.6 is 0 Å². The molecule has 0 aliphatic heterocycles. The summed E-state index contributed by atoms with van der Waals surface area (Å²) in [5, 5.41) is 11.8. The van der Waals surface area contributed by atoms with E-state index in [1.54, 1.807) is 24.2 Å². The molecule has 1 aromatic rings. The first-order valence-corrected chi connectivity index (χ1v) is 5.26. The van der Waals surface area contributed by atoms with Crippen LogP contribution in [0.5, 0.6) is 0 Å². The van der Waals surface area contributed by atoms with Gasteiger partial charge in [0.25, 0.3) is 5.91 Å². The highest BCUT2D eigenvalue weighted by molar-refractivity contribution is 5.99. The van der Waals surface area contributed by atoms with Gasteiger partial charge in [-0.25, -0.2) is 0 Å². The number of carbonyl (C=O) groups excluding carboxylic acids is 1. The molecule has 1 rings (SSSR count). The third kappa shape index (κ3) is 2.70. The second kappa shape index (κ2) is 6.07. The van der Waals surface area contributed by atoms with Crippen LogP contribution in [-0.4, -0.2) is 47.6 Å². The standard InChI is InChI=1S/C11H17N3O2/c1-3-14(6-7-15)11(16)9-8-13-5-4-10(9)12-2/h4-5,8,15H,3,6-7H2,1-2H3,(H,12,13). The Hall–Kier alpha value is -1.62. The van der Waals surface area contributed by atoms with Crippen LogP contribution in [0.25, 0.3) is 0 Å². The maximum Gasteiger partial charge on any atom is 0.257 e. The number of anilines is 1. The summed E-state index contributed by atoms with van der Waals surface area (Å²) in [5.41, 5.74) is 1.27. The van der Waals surface area contributed by atoms with Crippen LogP contribution in [0.1, 0.15) is 17.3 Å². The molecule has 0 saturated carbocycles. The van der Waals surface area contributed by atoms with E-state index in [4.69, 9.17) is 5.11 Å². The number of aromatic nitrogens is 1. The molecular weight excluding hydrogens is 206 g/mol. The molecule has 1 amide bonds. The number of carbonyl (C=O) groups is 1. The molecule has 0 bridgehead atoms. The smallest absolute Gasteiger partial charge is 0.257 e. The zero-order valence-electron chi connectivity index (χ0n) is 9.60. The maximum atomic E-state index is 12.1. The molecule has 5 nitrogen and oxygen atoms in total. The van der Waals surface area contributed by atoms with Crippen molar-refractivity contribution in [2.45, 2.75) is 6.92 Å². The second-order valence-electron chi connectivity index (χ2n) is 3.28. The van der Waals surface area contributed by atoms with Crippen molar-refractivity contribution in [3.8, 4) is 0 Å². The first kappa shape index (κ1) is 12.4. The Morgan fingerprint density at radius 3 is 2.94 bits per heavy atom. The summed E-state index contributed by atoms with van der Waals surface area (Å²) >= 11 is 0. The minimum Gasteiger partial charge on any atom is -0.395 e. The van der Waals surface area contributed by atoms with Gasteiger partial charge >= 0.3 is 0 Å². The molecule has 0 spiro atoms. The molecule has 1 aromatic heterocycles. The minimum absolute atomic E-state index is 0.0330. The molecule has 5 heteroatoms. The van der Waals surface area contributed by atoms with E-state index < -0.39 is 0 Å². The van der Waals surface area contributed by atoms with E-state index in [9.17, 15) is 4.79 Å². The third-order valence-electron chi connectivity index (χ3n) is 2.36. The summed E-state index contributed by atoms with van der Waals surface area (Å²) in [6, 6.07) is 1.75. The fourth-order valence-corrected chi connectivity index (χ4v) is 1.48. The lowest BCUT2D eigenvalue weighted by atomic mass is 10.2. The van der Waals surface area contributed by atoms with Gasteiger partial charge in [0.1, 0.15) is 0 Å². The fraction of sp³-hybridized carbons (Fsp3) is 0.455. The molecule has 0 radical (unpaired) electrons. The van der Waals surface area contributed by atoms with Gasteiger partial charge < -0.3 is 15.3 Å². The molecule has 16 heavy (non-hydrogen) atoms. The van der Waals surface area contributed by atoms with Gasteiger partial charge in [0, 0.05) is 38.2 Å². The Kier molecular flexibility index (Phi) is 4.72. The molecule has 0 unspecified atom stereocenters. The quantitative estimate of drug-likeness (QED) is 0.766. The van der Waals surface area contributed by atoms with Crippen LogP contribution in [0.15, 0.2) is 18.5 Å². The summed E-state index contributed by atoms with van der Waals surface area (Å²) < 4.78 is 0. The van der Waals surface area contributed by atoms with Crippen LogP contribution in [0, 0.1) is 0 Å². The average molecular weight is 223 g/mol. The molecule has 0 fully saturated rings. The molecular formula is C11H17N3O2. The topological polar surface area (TPSA) is 65.5 Å². The highest BCUT2D eigenvalue weighted by atomic mass is 16.3. The van der Waals surface area contributed by atoms with Gasteiger partial charge in [-0.3, -0.25) is 9.78 Å². The van der Waals surface area contributed by atoms with E-state index in [2.05, 4.69) is 10.3 Å². The van der Waals surface area contributed by atoms with Crippen molar-refractivity contribution in [3.63, 3.8) is 0 Å². The van der Waals surface area contributed by atoms with Crippen molar-refractivity contribution in [3.05, 3.63) is 24.0 Å². The Morgan fingerprint density at radius 2 is 2.38 bits per heavy atom. The number of aliphatic hydroxyl groups excluding tert-OH is 1. The van der Waals surface area contributed by atoms with Crippen molar-refractivity contribution in [1.29, 1.82) is 0 Å². The number of nitrogens with one attached hydrogen (secondary N) is 1. The molecule has 88 valence electrons. The predicted molar refractivity (Wildman–Crippen MR) is 62.4 cm³/mol. The van der Waals surface area contributed by atoms with Crippen molar-refractivity contribution in [2.75, 3.05) is 32.1 Å². The van der Waals surface area contributed by atoms with E-state index in [1.165, 1.54) is 6.20 Å². The Labute approximate surface area is 95.1 Å².